The molecule has 0 spiro atoms. The Labute approximate surface area is 211 Å². The first-order chi connectivity index (χ1) is 17.4. The number of hydrogen-bond acceptors (Lipinski definition) is 4. The van der Waals surface area contributed by atoms with Crippen molar-refractivity contribution in [3.8, 4) is 5.75 Å². The summed E-state index contributed by atoms with van der Waals surface area (Å²) in [5, 5.41) is 2.91. The molecule has 0 heterocycles. The molecule has 3 aromatic rings. The molecule has 0 aromatic heterocycles. The predicted octanol–water partition coefficient (Wildman–Crippen LogP) is 4.93. The van der Waals surface area contributed by atoms with Crippen LogP contribution in [0.3, 0.4) is 0 Å². The minimum absolute atomic E-state index is 0.113. The van der Waals surface area contributed by atoms with Crippen LogP contribution in [-0.4, -0.2) is 35.9 Å². The Bertz CT molecular complexity index is 1180. The lowest BCUT2D eigenvalue weighted by Gasteiger charge is -2.38. The van der Waals surface area contributed by atoms with E-state index in [4.69, 9.17) is 10.5 Å². The second kappa shape index (κ2) is 11.8. The molecule has 4 rings (SSSR count). The summed E-state index contributed by atoms with van der Waals surface area (Å²) in [6.45, 7) is 0.355. The lowest BCUT2D eigenvalue weighted by molar-refractivity contribution is -0.115. The van der Waals surface area contributed by atoms with Crippen LogP contribution in [0.15, 0.2) is 72.8 Å². The number of hydrogen-bond donors (Lipinski definition) is 2. The fraction of sp³-hybridized carbons (Fsp3) is 0.310. The van der Waals surface area contributed by atoms with Crippen LogP contribution < -0.4 is 15.8 Å². The van der Waals surface area contributed by atoms with Crippen molar-refractivity contribution in [1.82, 2.24) is 4.90 Å². The van der Waals surface area contributed by atoms with Crippen LogP contribution in [0.2, 0.25) is 0 Å². The van der Waals surface area contributed by atoms with Gasteiger partial charge in [0.25, 0.3) is 5.91 Å². The van der Waals surface area contributed by atoms with E-state index in [1.54, 1.807) is 24.1 Å². The summed E-state index contributed by atoms with van der Waals surface area (Å²) in [5.41, 5.74) is 9.20. The maximum atomic E-state index is 13.8. The third-order valence-electron chi connectivity index (χ3n) is 6.63. The normalized spacial score (nSPS) is 17.3. The average Bonchev–Trinajstić information content (AvgIpc) is 2.89. The second-order valence-corrected chi connectivity index (χ2v) is 9.23. The molecule has 188 valence electrons. The summed E-state index contributed by atoms with van der Waals surface area (Å²) in [4.78, 5) is 27.7. The number of halogens is 1. The first kappa shape index (κ1) is 25.4. The van der Waals surface area contributed by atoms with E-state index in [-0.39, 0.29) is 30.3 Å². The van der Waals surface area contributed by atoms with Crippen molar-refractivity contribution in [1.29, 1.82) is 0 Å². The molecular formula is C29H32FN3O3. The Morgan fingerprint density at radius 1 is 1.00 bits per heavy atom. The van der Waals surface area contributed by atoms with E-state index in [0.717, 1.165) is 42.6 Å². The minimum Gasteiger partial charge on any atom is -0.497 e. The van der Waals surface area contributed by atoms with Gasteiger partial charge in [-0.05, 0) is 66.4 Å². The van der Waals surface area contributed by atoms with E-state index in [1.807, 2.05) is 48.5 Å². The summed E-state index contributed by atoms with van der Waals surface area (Å²) < 4.78 is 19.0. The zero-order valence-corrected chi connectivity index (χ0v) is 20.5. The van der Waals surface area contributed by atoms with Crippen LogP contribution in [0, 0.1) is 5.82 Å². The zero-order valence-electron chi connectivity index (χ0n) is 20.5. The van der Waals surface area contributed by atoms with Gasteiger partial charge in [-0.1, -0.05) is 43.2 Å². The maximum Gasteiger partial charge on any atom is 0.254 e. The number of rotatable bonds is 8. The number of carbonyl (C=O) groups is 2. The molecule has 0 aliphatic heterocycles. The quantitative estimate of drug-likeness (QED) is 0.470. The van der Waals surface area contributed by atoms with Crippen molar-refractivity contribution < 1.29 is 18.7 Å². The lowest BCUT2D eigenvalue weighted by Crippen LogP contribution is -2.51. The molecule has 0 bridgehead atoms. The number of amides is 2. The molecule has 1 saturated carbocycles. The molecule has 3 aromatic carbocycles. The molecule has 7 heteroatoms. The third-order valence-corrected chi connectivity index (χ3v) is 6.63. The second-order valence-electron chi connectivity index (χ2n) is 9.23. The number of methoxy groups -OCH3 is 1. The zero-order chi connectivity index (χ0) is 25.5. The molecule has 36 heavy (non-hydrogen) atoms. The van der Waals surface area contributed by atoms with Crippen molar-refractivity contribution in [2.24, 2.45) is 5.73 Å². The van der Waals surface area contributed by atoms with Crippen LogP contribution >= 0.6 is 0 Å². The topological polar surface area (TPSA) is 84.7 Å². The average molecular weight is 490 g/mol. The highest BCUT2D eigenvalue weighted by Crippen LogP contribution is 2.26. The highest BCUT2D eigenvalue weighted by molar-refractivity contribution is 5.94. The Kier molecular flexibility index (Phi) is 8.33. The summed E-state index contributed by atoms with van der Waals surface area (Å²) in [6, 6.07) is 20.4. The van der Waals surface area contributed by atoms with Crippen molar-refractivity contribution in [3.63, 3.8) is 0 Å². The van der Waals surface area contributed by atoms with Crippen LogP contribution in [0.5, 0.6) is 5.75 Å². The van der Waals surface area contributed by atoms with Crippen LogP contribution in [-0.2, 0) is 17.8 Å². The number of nitrogens with zero attached hydrogens (tertiary/aromatic N) is 1. The van der Waals surface area contributed by atoms with Crippen LogP contribution in [0.1, 0.15) is 47.2 Å². The summed E-state index contributed by atoms with van der Waals surface area (Å²) in [6.07, 6.45) is 3.98. The summed E-state index contributed by atoms with van der Waals surface area (Å²) >= 11 is 0. The molecule has 0 radical (unpaired) electrons. The number of nitrogens with two attached hydrogens (primary N) is 1. The molecule has 6 nitrogen and oxygen atoms in total. The molecule has 1 aliphatic carbocycles. The standard InChI is InChI=1S/C29H32FN3O3/c1-36-25-15-11-20(12-16-25)17-28(34)32-24-13-9-21(10-14-24)19-33(27-8-3-2-7-26(27)31)29(35)22-5-4-6-23(30)18-22/h4-6,9-16,18,26-27H,2-3,7-8,17,19,31H2,1H3,(H,32,34). The predicted molar refractivity (Wildman–Crippen MR) is 138 cm³/mol. The van der Waals surface area contributed by atoms with Gasteiger partial charge in [-0.3, -0.25) is 9.59 Å². The Hall–Kier alpha value is -3.71. The number of ether oxygens (including phenoxy) is 1. The molecule has 2 unspecified atom stereocenters. The summed E-state index contributed by atoms with van der Waals surface area (Å²) in [5.74, 6) is -0.0462. The Balaban J connectivity index is 1.44. The van der Waals surface area contributed by atoms with Gasteiger partial charge in [0.1, 0.15) is 11.6 Å². The van der Waals surface area contributed by atoms with Gasteiger partial charge >= 0.3 is 0 Å². The van der Waals surface area contributed by atoms with Gasteiger partial charge in [0.05, 0.1) is 13.5 Å². The van der Waals surface area contributed by atoms with Gasteiger partial charge in [0, 0.05) is 29.9 Å². The fourth-order valence-electron chi connectivity index (χ4n) is 4.68. The molecular weight excluding hydrogens is 457 g/mol. The van der Waals surface area contributed by atoms with E-state index in [9.17, 15) is 14.0 Å². The van der Waals surface area contributed by atoms with Gasteiger partial charge in [-0.15, -0.1) is 0 Å². The smallest absolute Gasteiger partial charge is 0.254 e. The van der Waals surface area contributed by atoms with Crippen LogP contribution in [0.4, 0.5) is 10.1 Å². The molecule has 0 saturated heterocycles. The number of nitrogens with one attached hydrogen (secondary N) is 1. The van der Waals surface area contributed by atoms with Gasteiger partial charge in [-0.2, -0.15) is 0 Å². The van der Waals surface area contributed by atoms with Gasteiger partial charge in [-0.25, -0.2) is 4.39 Å². The monoisotopic (exact) mass is 489 g/mol. The molecule has 1 aliphatic rings. The van der Waals surface area contributed by atoms with Crippen molar-refractivity contribution in [3.05, 3.63) is 95.3 Å². The maximum absolute atomic E-state index is 13.8. The first-order valence-electron chi connectivity index (χ1n) is 12.3. The number of anilines is 1. The van der Waals surface area contributed by atoms with Crippen molar-refractivity contribution in [2.45, 2.75) is 50.7 Å². The van der Waals surface area contributed by atoms with E-state index < -0.39 is 5.82 Å². The van der Waals surface area contributed by atoms with Gasteiger partial charge < -0.3 is 20.7 Å². The van der Waals surface area contributed by atoms with Gasteiger partial charge in [0.2, 0.25) is 5.91 Å². The highest BCUT2D eigenvalue weighted by atomic mass is 19.1. The lowest BCUT2D eigenvalue weighted by atomic mass is 9.89. The molecule has 2 amide bonds. The molecule has 3 N–H and O–H groups in total. The number of carbonyl (C=O) groups excluding carboxylic acids is 2. The Morgan fingerprint density at radius 3 is 2.36 bits per heavy atom. The van der Waals surface area contributed by atoms with E-state index in [1.165, 1.54) is 12.1 Å². The SMILES string of the molecule is COc1ccc(CC(=O)Nc2ccc(CN(C(=O)c3cccc(F)c3)C3CCCCC3N)cc2)cc1. The molecule has 2 atom stereocenters. The fourth-order valence-corrected chi connectivity index (χ4v) is 4.68. The number of benzene rings is 3. The molecule has 1 fully saturated rings. The van der Waals surface area contributed by atoms with Crippen molar-refractivity contribution in [2.75, 3.05) is 12.4 Å². The third kappa shape index (κ3) is 6.49. The first-order valence-corrected chi connectivity index (χ1v) is 12.3. The highest BCUT2D eigenvalue weighted by Gasteiger charge is 2.31. The summed E-state index contributed by atoms with van der Waals surface area (Å²) in [7, 11) is 1.60. The van der Waals surface area contributed by atoms with E-state index >= 15 is 0 Å². The minimum atomic E-state index is -0.441. The van der Waals surface area contributed by atoms with E-state index in [2.05, 4.69) is 5.32 Å². The Morgan fingerprint density at radius 2 is 1.69 bits per heavy atom. The van der Waals surface area contributed by atoms with Crippen molar-refractivity contribution >= 4 is 17.5 Å². The largest absolute Gasteiger partial charge is 0.497 e. The van der Waals surface area contributed by atoms with Crippen LogP contribution in [0.25, 0.3) is 0 Å². The van der Waals surface area contributed by atoms with E-state index in [0.29, 0.717) is 17.8 Å². The van der Waals surface area contributed by atoms with Gasteiger partial charge in [0.15, 0.2) is 0 Å².